The Labute approximate surface area is 147 Å². The molecule has 1 unspecified atom stereocenters. The second-order valence-electron chi connectivity index (χ2n) is 6.60. The predicted molar refractivity (Wildman–Crippen MR) is 100 cm³/mol. The minimum atomic E-state index is -0.136. The summed E-state index contributed by atoms with van der Waals surface area (Å²) in [6, 6.07) is 16.3. The number of carbonyl (C=O) groups is 1. The summed E-state index contributed by atoms with van der Waals surface area (Å²) in [5, 5.41) is 0. The van der Waals surface area contributed by atoms with Crippen LogP contribution in [-0.4, -0.2) is 24.9 Å². The van der Waals surface area contributed by atoms with Crippen LogP contribution in [0.2, 0.25) is 0 Å². The van der Waals surface area contributed by atoms with E-state index < -0.39 is 0 Å². The van der Waals surface area contributed by atoms with Crippen molar-refractivity contribution in [3.8, 4) is 5.69 Å². The lowest BCUT2D eigenvalue weighted by Gasteiger charge is -2.16. The van der Waals surface area contributed by atoms with Crippen LogP contribution >= 0.6 is 0 Å². The van der Waals surface area contributed by atoms with Crippen LogP contribution in [0.3, 0.4) is 0 Å². The number of hydrogen-bond donors (Lipinski definition) is 0. The van der Waals surface area contributed by atoms with Gasteiger partial charge in [0.2, 0.25) is 16.9 Å². The molecular weight excluding hydrogens is 310 g/mol. The fraction of sp³-hybridized carbons (Fsp3) is 0.190. The number of hydrogen-bond acceptors (Lipinski definition) is 3. The maximum Gasteiger partial charge on any atom is 0.240 e. The summed E-state index contributed by atoms with van der Waals surface area (Å²) >= 11 is 0. The zero-order chi connectivity index (χ0) is 17.6. The quantitative estimate of drug-likeness (QED) is 0.676. The maximum absolute atomic E-state index is 12.7. The van der Waals surface area contributed by atoms with Crippen LogP contribution in [0.5, 0.6) is 0 Å². The number of nitrogens with zero attached hydrogens (tertiary/aromatic N) is 3. The number of carbonyl (C=O) groups excluding carboxylic acids is 1. The fourth-order valence-corrected chi connectivity index (χ4v) is 3.21. The van der Waals surface area contributed by atoms with Gasteiger partial charge in [-0.25, -0.2) is 4.98 Å². The highest BCUT2D eigenvalue weighted by molar-refractivity contribution is 6.02. The van der Waals surface area contributed by atoms with Crippen LogP contribution in [0.15, 0.2) is 54.6 Å². The standard InChI is InChI=1S/C21H20N3O/c1-14-9-12-18-20(21(14)25)22-17-11-10-16(23(2)3)13-19(17)24(18)15-7-5-4-6-8-15/h4-14H,1-3H3/q+1. The Balaban J connectivity index is 2.13. The Bertz CT molecular complexity index is 1010. The summed E-state index contributed by atoms with van der Waals surface area (Å²) in [7, 11) is 4.04. The normalized spacial score (nSPS) is 16.1. The lowest BCUT2D eigenvalue weighted by Crippen LogP contribution is -2.39. The second kappa shape index (κ2) is 5.81. The number of anilines is 1. The molecule has 0 radical (unpaired) electrons. The molecule has 0 spiro atoms. The number of rotatable bonds is 2. The molecule has 3 aromatic rings. The van der Waals surface area contributed by atoms with Gasteiger partial charge < -0.3 is 4.90 Å². The Hall–Kier alpha value is -3.01. The third-order valence-corrected chi connectivity index (χ3v) is 4.64. The first kappa shape index (κ1) is 15.5. The molecule has 2 aromatic carbocycles. The van der Waals surface area contributed by atoms with Crippen LogP contribution in [0.25, 0.3) is 22.8 Å². The Morgan fingerprint density at radius 2 is 1.84 bits per heavy atom. The van der Waals surface area contributed by atoms with Crippen molar-refractivity contribution in [3.63, 3.8) is 0 Å². The average Bonchev–Trinajstić information content (AvgIpc) is 2.63. The van der Waals surface area contributed by atoms with E-state index in [-0.39, 0.29) is 11.7 Å². The number of allylic oxidation sites excluding steroid dienone is 1. The third-order valence-electron chi connectivity index (χ3n) is 4.64. The Kier molecular flexibility index (Phi) is 3.61. The smallest absolute Gasteiger partial charge is 0.240 e. The molecule has 124 valence electrons. The van der Waals surface area contributed by atoms with Crippen LogP contribution in [0.4, 0.5) is 5.69 Å². The molecule has 0 aliphatic heterocycles. The van der Waals surface area contributed by atoms with E-state index in [2.05, 4.69) is 27.7 Å². The van der Waals surface area contributed by atoms with E-state index in [1.165, 1.54) is 0 Å². The van der Waals surface area contributed by atoms with Gasteiger partial charge in [0.05, 0.1) is 0 Å². The zero-order valence-electron chi connectivity index (χ0n) is 14.6. The molecule has 0 amide bonds. The fourth-order valence-electron chi connectivity index (χ4n) is 3.21. The van der Waals surface area contributed by atoms with Crippen molar-refractivity contribution in [1.29, 1.82) is 0 Å². The minimum Gasteiger partial charge on any atom is -0.377 e. The van der Waals surface area contributed by atoms with Gasteiger partial charge in [0.25, 0.3) is 0 Å². The molecule has 0 N–H and O–H groups in total. The van der Waals surface area contributed by atoms with Gasteiger partial charge in [0.1, 0.15) is 5.52 Å². The maximum atomic E-state index is 12.7. The van der Waals surface area contributed by atoms with Gasteiger partial charge in [-0.15, -0.1) is 4.57 Å². The van der Waals surface area contributed by atoms with E-state index in [9.17, 15) is 4.79 Å². The van der Waals surface area contributed by atoms with Crippen molar-refractivity contribution < 1.29 is 9.36 Å². The first-order valence-electron chi connectivity index (χ1n) is 8.41. The van der Waals surface area contributed by atoms with Gasteiger partial charge >= 0.3 is 0 Å². The first-order valence-corrected chi connectivity index (χ1v) is 8.41. The highest BCUT2D eigenvalue weighted by Crippen LogP contribution is 2.25. The van der Waals surface area contributed by atoms with Crippen molar-refractivity contribution in [3.05, 3.63) is 66.0 Å². The second-order valence-corrected chi connectivity index (χ2v) is 6.60. The highest BCUT2D eigenvalue weighted by Gasteiger charge is 2.31. The molecule has 0 saturated carbocycles. The number of benzene rings is 2. The molecule has 4 rings (SSSR count). The van der Waals surface area contributed by atoms with Gasteiger partial charge in [-0.3, -0.25) is 4.79 Å². The molecule has 1 aromatic heterocycles. The van der Waals surface area contributed by atoms with Gasteiger partial charge in [0, 0.05) is 50.0 Å². The van der Waals surface area contributed by atoms with Crippen LogP contribution in [0.1, 0.15) is 23.1 Å². The molecule has 25 heavy (non-hydrogen) atoms. The van der Waals surface area contributed by atoms with Crippen LogP contribution in [0, 0.1) is 5.92 Å². The number of fused-ring (bicyclic) bond motifs is 2. The van der Waals surface area contributed by atoms with Gasteiger partial charge in [-0.05, 0) is 12.1 Å². The first-order chi connectivity index (χ1) is 12.1. The van der Waals surface area contributed by atoms with Crippen molar-refractivity contribution in [2.45, 2.75) is 6.92 Å². The molecule has 0 bridgehead atoms. The molecular formula is C21H20N3O+. The van der Waals surface area contributed by atoms with Crippen molar-refractivity contribution in [2.24, 2.45) is 5.92 Å². The summed E-state index contributed by atoms with van der Waals surface area (Å²) in [4.78, 5) is 19.4. The molecule has 1 aliphatic carbocycles. The van der Waals surface area contributed by atoms with Gasteiger partial charge in [-0.1, -0.05) is 31.2 Å². The topological polar surface area (TPSA) is 37.1 Å². The molecule has 4 heteroatoms. The van der Waals surface area contributed by atoms with Gasteiger partial charge in [0.15, 0.2) is 11.5 Å². The summed E-state index contributed by atoms with van der Waals surface area (Å²) in [5.41, 5.74) is 5.32. The summed E-state index contributed by atoms with van der Waals surface area (Å²) in [5.74, 6) is -0.0662. The molecule has 0 saturated heterocycles. The summed E-state index contributed by atoms with van der Waals surface area (Å²) < 4.78 is 2.13. The monoisotopic (exact) mass is 330 g/mol. The van der Waals surface area contributed by atoms with Crippen molar-refractivity contribution >= 4 is 28.6 Å². The Morgan fingerprint density at radius 1 is 1.08 bits per heavy atom. The number of para-hydroxylation sites is 1. The third kappa shape index (κ3) is 2.50. The number of ketones is 1. The average molecular weight is 330 g/mol. The Morgan fingerprint density at radius 3 is 2.56 bits per heavy atom. The highest BCUT2D eigenvalue weighted by atomic mass is 16.1. The van der Waals surface area contributed by atoms with E-state index in [0.29, 0.717) is 5.69 Å². The summed E-state index contributed by atoms with van der Waals surface area (Å²) in [6.45, 7) is 1.91. The van der Waals surface area contributed by atoms with E-state index in [0.717, 1.165) is 28.1 Å². The van der Waals surface area contributed by atoms with Crippen molar-refractivity contribution in [2.75, 3.05) is 19.0 Å². The largest absolute Gasteiger partial charge is 0.377 e. The molecule has 1 atom stereocenters. The number of Topliss-reactive ketones (excluding diaryl/α,β-unsaturated/α-hetero) is 1. The molecule has 4 nitrogen and oxygen atoms in total. The molecule has 0 fully saturated rings. The lowest BCUT2D eigenvalue weighted by molar-refractivity contribution is -0.570. The van der Waals surface area contributed by atoms with E-state index in [4.69, 9.17) is 4.98 Å². The van der Waals surface area contributed by atoms with E-state index >= 15 is 0 Å². The van der Waals surface area contributed by atoms with Gasteiger partial charge in [-0.2, -0.15) is 0 Å². The minimum absolute atomic E-state index is 0.0702. The molecule has 1 aliphatic rings. The predicted octanol–water partition coefficient (Wildman–Crippen LogP) is 3.42. The lowest BCUT2D eigenvalue weighted by atomic mass is 9.95. The van der Waals surface area contributed by atoms with Crippen LogP contribution in [-0.2, 0) is 0 Å². The van der Waals surface area contributed by atoms with Crippen LogP contribution < -0.4 is 9.47 Å². The number of aromatic nitrogens is 2. The van der Waals surface area contributed by atoms with Crippen molar-refractivity contribution in [1.82, 2.24) is 4.98 Å². The SMILES string of the molecule is CC1C=Cc2c(nc3ccc(N(C)C)cc3[n+]2-c2ccccc2)C1=O. The zero-order valence-corrected chi connectivity index (χ0v) is 14.6. The molecule has 1 heterocycles. The van der Waals surface area contributed by atoms with E-state index in [1.807, 2.05) is 63.5 Å². The summed E-state index contributed by atoms with van der Waals surface area (Å²) in [6.07, 6.45) is 3.97. The van der Waals surface area contributed by atoms with E-state index in [1.54, 1.807) is 0 Å².